The fraction of sp³-hybridized carbons (Fsp3) is 0.111. The second kappa shape index (κ2) is 7.63. The monoisotopic (exact) mass is 374 g/mol. The number of amides is 1. The SMILES string of the molecule is CCOc1cccc(/C=C2/SC(=Nc3ccccc3Cl)NC2=O)c1O. The molecule has 128 valence electrons. The van der Waals surface area contributed by atoms with E-state index >= 15 is 0 Å². The highest BCUT2D eigenvalue weighted by atomic mass is 35.5. The number of amidine groups is 1. The van der Waals surface area contributed by atoms with Crippen LogP contribution in [-0.2, 0) is 4.79 Å². The zero-order chi connectivity index (χ0) is 17.8. The van der Waals surface area contributed by atoms with Crippen LogP contribution in [-0.4, -0.2) is 22.8 Å². The van der Waals surface area contributed by atoms with Gasteiger partial charge in [-0.15, -0.1) is 0 Å². The van der Waals surface area contributed by atoms with Crippen LogP contribution in [0.5, 0.6) is 11.5 Å². The molecule has 1 saturated heterocycles. The van der Waals surface area contributed by atoms with E-state index in [0.717, 1.165) is 0 Å². The fourth-order valence-electron chi connectivity index (χ4n) is 2.20. The number of thioether (sulfide) groups is 1. The quantitative estimate of drug-likeness (QED) is 0.781. The first-order valence-electron chi connectivity index (χ1n) is 7.57. The first-order valence-corrected chi connectivity index (χ1v) is 8.77. The van der Waals surface area contributed by atoms with Gasteiger partial charge < -0.3 is 15.2 Å². The summed E-state index contributed by atoms with van der Waals surface area (Å²) in [5.74, 6) is 0.101. The van der Waals surface area contributed by atoms with Crippen LogP contribution in [0.1, 0.15) is 12.5 Å². The number of nitrogens with zero attached hydrogens (tertiary/aromatic N) is 1. The first-order chi connectivity index (χ1) is 12.1. The van der Waals surface area contributed by atoms with Crippen molar-refractivity contribution in [1.29, 1.82) is 0 Å². The predicted molar refractivity (Wildman–Crippen MR) is 102 cm³/mol. The third-order valence-corrected chi connectivity index (χ3v) is 4.57. The number of benzene rings is 2. The zero-order valence-electron chi connectivity index (χ0n) is 13.3. The number of aliphatic imine (C=N–C) groups is 1. The second-order valence-corrected chi connectivity index (χ2v) is 6.50. The van der Waals surface area contributed by atoms with Gasteiger partial charge in [-0.3, -0.25) is 4.79 Å². The van der Waals surface area contributed by atoms with E-state index in [2.05, 4.69) is 10.3 Å². The molecular weight excluding hydrogens is 360 g/mol. The van der Waals surface area contributed by atoms with Gasteiger partial charge in [0.25, 0.3) is 5.91 Å². The number of hydrogen-bond donors (Lipinski definition) is 2. The van der Waals surface area contributed by atoms with Crippen molar-refractivity contribution in [3.63, 3.8) is 0 Å². The van der Waals surface area contributed by atoms with Gasteiger partial charge in [-0.25, -0.2) is 4.99 Å². The molecule has 1 fully saturated rings. The Morgan fingerprint density at radius 1 is 1.28 bits per heavy atom. The van der Waals surface area contributed by atoms with Gasteiger partial charge >= 0.3 is 0 Å². The molecule has 0 unspecified atom stereocenters. The van der Waals surface area contributed by atoms with Crippen molar-refractivity contribution >= 4 is 46.2 Å². The van der Waals surface area contributed by atoms with Crippen molar-refractivity contribution in [2.75, 3.05) is 6.61 Å². The Labute approximate surface area is 154 Å². The number of ether oxygens (including phenoxy) is 1. The van der Waals surface area contributed by atoms with Gasteiger partial charge in [-0.2, -0.15) is 0 Å². The van der Waals surface area contributed by atoms with E-state index in [4.69, 9.17) is 16.3 Å². The molecule has 0 aliphatic carbocycles. The maximum atomic E-state index is 12.2. The van der Waals surface area contributed by atoms with E-state index in [-0.39, 0.29) is 11.7 Å². The number of halogens is 1. The van der Waals surface area contributed by atoms with Crippen LogP contribution in [0, 0.1) is 0 Å². The summed E-state index contributed by atoms with van der Waals surface area (Å²) in [7, 11) is 0. The molecule has 2 aromatic rings. The standard InChI is InChI=1S/C18H15ClN2O3S/c1-2-24-14-9-5-6-11(16(14)22)10-15-17(23)21-18(25-15)20-13-8-4-3-7-12(13)19/h3-10,22H,2H2,1H3,(H,20,21,23)/b15-10+. The predicted octanol–water partition coefficient (Wildman–Crippen LogP) is 4.34. The van der Waals surface area contributed by atoms with E-state index < -0.39 is 0 Å². The Hall–Kier alpha value is -2.44. The molecule has 1 aliphatic heterocycles. The fourth-order valence-corrected chi connectivity index (χ4v) is 3.20. The number of phenols is 1. The summed E-state index contributed by atoms with van der Waals surface area (Å²) in [6.45, 7) is 2.28. The van der Waals surface area contributed by atoms with Crippen molar-refractivity contribution in [3.8, 4) is 11.5 Å². The first kappa shape index (κ1) is 17.4. The van der Waals surface area contributed by atoms with Gasteiger partial charge in [-0.1, -0.05) is 35.9 Å². The van der Waals surface area contributed by atoms with E-state index in [1.165, 1.54) is 11.8 Å². The smallest absolute Gasteiger partial charge is 0.264 e. The summed E-state index contributed by atoms with van der Waals surface area (Å²) in [5, 5.41) is 13.9. The van der Waals surface area contributed by atoms with Gasteiger partial charge in [0.1, 0.15) is 0 Å². The van der Waals surface area contributed by atoms with Gasteiger partial charge in [0.2, 0.25) is 0 Å². The number of nitrogens with one attached hydrogen (secondary N) is 1. The molecule has 1 heterocycles. The molecule has 2 aromatic carbocycles. The normalized spacial score (nSPS) is 17.1. The number of carbonyl (C=O) groups is 1. The topological polar surface area (TPSA) is 70.9 Å². The molecule has 0 saturated carbocycles. The number of para-hydroxylation sites is 2. The van der Waals surface area contributed by atoms with Crippen molar-refractivity contribution in [2.24, 2.45) is 4.99 Å². The van der Waals surface area contributed by atoms with Crippen LogP contribution >= 0.6 is 23.4 Å². The lowest BCUT2D eigenvalue weighted by Gasteiger charge is -2.07. The Bertz CT molecular complexity index is 880. The van der Waals surface area contributed by atoms with Crippen molar-refractivity contribution in [3.05, 3.63) is 58.0 Å². The average molecular weight is 375 g/mol. The largest absolute Gasteiger partial charge is 0.504 e. The van der Waals surface area contributed by atoms with Crippen LogP contribution in [0.25, 0.3) is 6.08 Å². The van der Waals surface area contributed by atoms with Crippen LogP contribution in [0.2, 0.25) is 5.02 Å². The van der Waals surface area contributed by atoms with Crippen LogP contribution in [0.3, 0.4) is 0 Å². The Morgan fingerprint density at radius 3 is 2.84 bits per heavy atom. The lowest BCUT2D eigenvalue weighted by atomic mass is 10.1. The lowest BCUT2D eigenvalue weighted by Crippen LogP contribution is -2.19. The third-order valence-electron chi connectivity index (χ3n) is 3.34. The Balaban J connectivity index is 1.87. The molecule has 2 N–H and O–H groups in total. The molecule has 25 heavy (non-hydrogen) atoms. The molecule has 5 nitrogen and oxygen atoms in total. The molecule has 0 spiro atoms. The summed E-state index contributed by atoms with van der Waals surface area (Å²) in [5.41, 5.74) is 1.08. The summed E-state index contributed by atoms with van der Waals surface area (Å²) < 4.78 is 5.36. The lowest BCUT2D eigenvalue weighted by molar-refractivity contribution is -0.115. The van der Waals surface area contributed by atoms with Crippen molar-refractivity contribution < 1.29 is 14.6 Å². The highest BCUT2D eigenvalue weighted by molar-refractivity contribution is 8.18. The highest BCUT2D eigenvalue weighted by Gasteiger charge is 2.24. The van der Waals surface area contributed by atoms with E-state index in [1.807, 2.05) is 19.1 Å². The molecule has 0 aromatic heterocycles. The molecule has 7 heteroatoms. The van der Waals surface area contributed by atoms with E-state index in [0.29, 0.717) is 38.7 Å². The molecule has 0 bridgehead atoms. The average Bonchev–Trinajstić information content (AvgIpc) is 2.93. The van der Waals surface area contributed by atoms with Crippen LogP contribution in [0.4, 0.5) is 5.69 Å². The summed E-state index contributed by atoms with van der Waals surface area (Å²) in [6.07, 6.45) is 1.60. The second-order valence-electron chi connectivity index (χ2n) is 5.06. The molecule has 1 aliphatic rings. The van der Waals surface area contributed by atoms with Crippen LogP contribution in [0.15, 0.2) is 52.4 Å². The third kappa shape index (κ3) is 3.97. The molecule has 0 radical (unpaired) electrons. The Kier molecular flexibility index (Phi) is 5.31. The molecule has 0 atom stereocenters. The number of hydrogen-bond acceptors (Lipinski definition) is 5. The molecular formula is C18H15ClN2O3S. The number of phenolic OH excluding ortho intramolecular Hbond substituents is 1. The van der Waals surface area contributed by atoms with E-state index in [1.54, 1.807) is 36.4 Å². The van der Waals surface area contributed by atoms with Crippen molar-refractivity contribution in [1.82, 2.24) is 5.32 Å². The minimum absolute atomic E-state index is 0.00161. The minimum atomic E-state index is -0.281. The maximum Gasteiger partial charge on any atom is 0.264 e. The van der Waals surface area contributed by atoms with Crippen molar-refractivity contribution in [2.45, 2.75) is 6.92 Å². The van der Waals surface area contributed by atoms with Gasteiger partial charge in [0.05, 0.1) is 22.2 Å². The zero-order valence-corrected chi connectivity index (χ0v) is 14.9. The highest BCUT2D eigenvalue weighted by Crippen LogP contribution is 2.35. The molecule has 3 rings (SSSR count). The number of carbonyl (C=O) groups excluding carboxylic acids is 1. The van der Waals surface area contributed by atoms with Gasteiger partial charge in [-0.05, 0) is 43.0 Å². The van der Waals surface area contributed by atoms with E-state index in [9.17, 15) is 9.90 Å². The molecule has 1 amide bonds. The minimum Gasteiger partial charge on any atom is -0.504 e. The van der Waals surface area contributed by atoms with Crippen LogP contribution < -0.4 is 10.1 Å². The van der Waals surface area contributed by atoms with Gasteiger partial charge in [0, 0.05) is 5.56 Å². The maximum absolute atomic E-state index is 12.2. The van der Waals surface area contributed by atoms with Gasteiger partial charge in [0.15, 0.2) is 16.7 Å². The summed E-state index contributed by atoms with van der Waals surface area (Å²) in [4.78, 5) is 16.9. The summed E-state index contributed by atoms with van der Waals surface area (Å²) >= 11 is 7.27. The number of aromatic hydroxyl groups is 1. The number of rotatable bonds is 4. The summed E-state index contributed by atoms with van der Waals surface area (Å²) in [6, 6.07) is 12.3. The Morgan fingerprint density at radius 2 is 2.08 bits per heavy atom.